The van der Waals surface area contributed by atoms with Crippen molar-refractivity contribution in [1.82, 2.24) is 0 Å². The number of allylic oxidation sites excluding steroid dienone is 2. The predicted molar refractivity (Wildman–Crippen MR) is 154 cm³/mol. The van der Waals surface area contributed by atoms with Crippen LogP contribution in [0, 0.1) is 5.92 Å². The number of hydrogen-bond acceptors (Lipinski definition) is 2. The minimum Gasteiger partial charge on any atom is -0.481 e. The van der Waals surface area contributed by atoms with Gasteiger partial charge in [-0.1, -0.05) is 135 Å². The first-order chi connectivity index (χ1) is 17.6. The van der Waals surface area contributed by atoms with Crippen LogP contribution in [-0.2, 0) is 9.59 Å². The summed E-state index contributed by atoms with van der Waals surface area (Å²) in [7, 11) is 0. The van der Waals surface area contributed by atoms with Crippen molar-refractivity contribution in [1.29, 1.82) is 0 Å². The summed E-state index contributed by atoms with van der Waals surface area (Å²) in [6, 6.07) is 0. The number of carboxylic acids is 2. The Balaban J connectivity index is 3.45. The summed E-state index contributed by atoms with van der Waals surface area (Å²) in [5.41, 5.74) is 0. The van der Waals surface area contributed by atoms with Crippen LogP contribution in [0.1, 0.15) is 174 Å². The fourth-order valence-corrected chi connectivity index (χ4v) is 4.93. The Morgan fingerprint density at radius 2 is 0.889 bits per heavy atom. The van der Waals surface area contributed by atoms with Crippen LogP contribution in [-0.4, -0.2) is 22.2 Å². The lowest BCUT2D eigenvalue weighted by Crippen LogP contribution is -2.13. The minimum atomic E-state index is -0.676. The van der Waals surface area contributed by atoms with Crippen molar-refractivity contribution < 1.29 is 19.8 Å². The van der Waals surface area contributed by atoms with E-state index in [2.05, 4.69) is 19.1 Å². The molecule has 0 heterocycles. The molecule has 0 aromatic rings. The third kappa shape index (κ3) is 27.3. The Morgan fingerprint density at radius 3 is 1.28 bits per heavy atom. The molecule has 0 aliphatic heterocycles. The van der Waals surface area contributed by atoms with Gasteiger partial charge in [-0.15, -0.1) is 0 Å². The normalized spacial score (nSPS) is 12.4. The van der Waals surface area contributed by atoms with Gasteiger partial charge in [-0.05, 0) is 44.9 Å². The highest BCUT2D eigenvalue weighted by atomic mass is 16.4. The molecule has 0 rings (SSSR count). The average molecular weight is 509 g/mol. The highest BCUT2D eigenvalue weighted by Gasteiger charge is 2.16. The Morgan fingerprint density at radius 1 is 0.528 bits per heavy atom. The number of carbonyl (C=O) groups is 2. The molecule has 1 atom stereocenters. The molecule has 0 saturated heterocycles. The second-order valence-electron chi connectivity index (χ2n) is 10.9. The largest absolute Gasteiger partial charge is 0.481 e. The highest BCUT2D eigenvalue weighted by Crippen LogP contribution is 2.20. The van der Waals surface area contributed by atoms with E-state index >= 15 is 0 Å². The molecule has 4 nitrogen and oxygen atoms in total. The summed E-state index contributed by atoms with van der Waals surface area (Å²) in [6.45, 7) is 2.25. The molecule has 0 amide bonds. The lowest BCUT2D eigenvalue weighted by atomic mass is 9.94. The fraction of sp³-hybridized carbons (Fsp3) is 0.875. The summed E-state index contributed by atoms with van der Waals surface area (Å²) < 4.78 is 0. The molecule has 4 heteroatoms. The number of aliphatic carboxylic acids is 2. The Labute approximate surface area is 223 Å². The number of hydrogen-bond donors (Lipinski definition) is 2. The number of unbranched alkanes of at least 4 members (excludes halogenated alkanes) is 20. The number of rotatable bonds is 29. The van der Waals surface area contributed by atoms with Crippen molar-refractivity contribution >= 4 is 11.9 Å². The quantitative estimate of drug-likeness (QED) is 0.0778. The van der Waals surface area contributed by atoms with Gasteiger partial charge in [0.2, 0.25) is 0 Å². The zero-order chi connectivity index (χ0) is 26.5. The minimum absolute atomic E-state index is 0.142. The lowest BCUT2D eigenvalue weighted by Gasteiger charge is -2.12. The maximum atomic E-state index is 11.6. The Hall–Kier alpha value is -1.32. The highest BCUT2D eigenvalue weighted by molar-refractivity contribution is 5.69. The van der Waals surface area contributed by atoms with Crippen molar-refractivity contribution in [3.8, 4) is 0 Å². The van der Waals surface area contributed by atoms with Crippen LogP contribution in [0.3, 0.4) is 0 Å². The van der Waals surface area contributed by atoms with Crippen molar-refractivity contribution in [2.24, 2.45) is 5.92 Å². The molecule has 0 aromatic heterocycles. The van der Waals surface area contributed by atoms with Crippen LogP contribution < -0.4 is 0 Å². The molecular formula is C32H60O4. The molecule has 1 unspecified atom stereocenters. The smallest absolute Gasteiger partial charge is 0.306 e. The van der Waals surface area contributed by atoms with Gasteiger partial charge in [-0.25, -0.2) is 0 Å². The standard InChI is InChI=1S/C32H60O4/c1-2-3-4-5-6-7-8-12-15-18-21-24-27-30(32(35)36)28-25-22-19-16-13-10-9-11-14-17-20-23-26-29-31(33)34/h7-8,30H,2-6,9-29H2,1H3,(H,33,34)(H,35,36). The van der Waals surface area contributed by atoms with Gasteiger partial charge in [0.15, 0.2) is 0 Å². The van der Waals surface area contributed by atoms with Crippen molar-refractivity contribution in [2.45, 2.75) is 174 Å². The molecule has 0 spiro atoms. The average Bonchev–Trinajstić information content (AvgIpc) is 2.85. The van der Waals surface area contributed by atoms with Gasteiger partial charge in [0, 0.05) is 6.42 Å². The first kappa shape index (κ1) is 34.7. The maximum Gasteiger partial charge on any atom is 0.306 e. The van der Waals surface area contributed by atoms with E-state index in [1.165, 1.54) is 122 Å². The molecule has 0 fully saturated rings. The predicted octanol–water partition coefficient (Wildman–Crippen LogP) is 10.5. The van der Waals surface area contributed by atoms with Gasteiger partial charge in [-0.3, -0.25) is 9.59 Å². The van der Waals surface area contributed by atoms with E-state index in [1.54, 1.807) is 0 Å². The van der Waals surface area contributed by atoms with E-state index in [0.29, 0.717) is 6.42 Å². The molecule has 0 aliphatic carbocycles. The van der Waals surface area contributed by atoms with E-state index in [0.717, 1.165) is 38.5 Å². The number of carboxylic acid groups (broad SMARTS) is 2. The van der Waals surface area contributed by atoms with Crippen LogP contribution in [0.25, 0.3) is 0 Å². The molecule has 0 radical (unpaired) electrons. The zero-order valence-corrected chi connectivity index (χ0v) is 23.8. The summed E-state index contributed by atoms with van der Waals surface area (Å²) in [5.74, 6) is -1.41. The lowest BCUT2D eigenvalue weighted by molar-refractivity contribution is -0.142. The van der Waals surface area contributed by atoms with E-state index in [-0.39, 0.29) is 5.92 Å². The van der Waals surface area contributed by atoms with Crippen molar-refractivity contribution in [3.63, 3.8) is 0 Å². The topological polar surface area (TPSA) is 74.6 Å². The molecule has 36 heavy (non-hydrogen) atoms. The molecule has 0 saturated carbocycles. The molecule has 0 bridgehead atoms. The van der Waals surface area contributed by atoms with Crippen LogP contribution in [0.2, 0.25) is 0 Å². The van der Waals surface area contributed by atoms with Crippen molar-refractivity contribution in [2.75, 3.05) is 0 Å². The van der Waals surface area contributed by atoms with Gasteiger partial charge in [0.05, 0.1) is 5.92 Å². The fourth-order valence-electron chi connectivity index (χ4n) is 4.93. The van der Waals surface area contributed by atoms with Crippen LogP contribution in [0.4, 0.5) is 0 Å². The SMILES string of the molecule is CCCCCCC=CCCCCCCC(CCCCCCCCCCCCCCCC(=O)O)C(=O)O. The Bertz CT molecular complexity index is 514. The van der Waals surface area contributed by atoms with Crippen LogP contribution >= 0.6 is 0 Å². The van der Waals surface area contributed by atoms with Crippen LogP contribution in [0.15, 0.2) is 12.2 Å². The summed E-state index contributed by atoms with van der Waals surface area (Å²) in [5, 5.41) is 18.2. The van der Waals surface area contributed by atoms with Gasteiger partial charge < -0.3 is 10.2 Å². The second kappa shape index (κ2) is 28.3. The van der Waals surface area contributed by atoms with Crippen LogP contribution in [0.5, 0.6) is 0 Å². The van der Waals surface area contributed by atoms with Gasteiger partial charge >= 0.3 is 11.9 Å². The summed E-state index contributed by atoms with van der Waals surface area (Å²) in [6.07, 6.45) is 34.6. The molecule has 212 valence electrons. The van der Waals surface area contributed by atoms with E-state index < -0.39 is 11.9 Å². The Kier molecular flexibility index (Phi) is 27.2. The van der Waals surface area contributed by atoms with E-state index in [1.807, 2.05) is 0 Å². The van der Waals surface area contributed by atoms with E-state index in [9.17, 15) is 14.7 Å². The van der Waals surface area contributed by atoms with E-state index in [4.69, 9.17) is 5.11 Å². The second-order valence-corrected chi connectivity index (χ2v) is 10.9. The first-order valence-corrected chi connectivity index (χ1v) is 15.7. The summed E-state index contributed by atoms with van der Waals surface area (Å²) >= 11 is 0. The monoisotopic (exact) mass is 508 g/mol. The zero-order valence-electron chi connectivity index (χ0n) is 23.8. The molecule has 2 N–H and O–H groups in total. The third-order valence-corrected chi connectivity index (χ3v) is 7.36. The molecular weight excluding hydrogens is 448 g/mol. The van der Waals surface area contributed by atoms with Crippen molar-refractivity contribution in [3.05, 3.63) is 12.2 Å². The molecule has 0 aromatic carbocycles. The molecule has 0 aliphatic rings. The first-order valence-electron chi connectivity index (χ1n) is 15.7. The van der Waals surface area contributed by atoms with Gasteiger partial charge in [0.1, 0.15) is 0 Å². The maximum absolute atomic E-state index is 11.6. The van der Waals surface area contributed by atoms with Gasteiger partial charge in [-0.2, -0.15) is 0 Å². The van der Waals surface area contributed by atoms with Gasteiger partial charge in [0.25, 0.3) is 0 Å². The summed E-state index contributed by atoms with van der Waals surface area (Å²) in [4.78, 5) is 22.1. The third-order valence-electron chi connectivity index (χ3n) is 7.36.